The third-order valence-corrected chi connectivity index (χ3v) is 9.24. The van der Waals surface area contributed by atoms with Crippen LogP contribution in [0.1, 0.15) is 57.6 Å². The van der Waals surface area contributed by atoms with Crippen LogP contribution in [0, 0.1) is 5.92 Å². The Kier molecular flexibility index (Phi) is 7.19. The minimum Gasteiger partial charge on any atom is -0.497 e. The van der Waals surface area contributed by atoms with Crippen molar-refractivity contribution in [3.63, 3.8) is 0 Å². The van der Waals surface area contributed by atoms with E-state index in [-0.39, 0.29) is 28.4 Å². The van der Waals surface area contributed by atoms with Crippen LogP contribution in [0.3, 0.4) is 0 Å². The van der Waals surface area contributed by atoms with Gasteiger partial charge in [0, 0.05) is 31.0 Å². The van der Waals surface area contributed by atoms with E-state index in [2.05, 4.69) is 19.2 Å². The molecular formula is C26H34N2O5S. The minimum absolute atomic E-state index is 0.00990. The van der Waals surface area contributed by atoms with Crippen LogP contribution in [0.4, 0.5) is 0 Å². The molecule has 1 fully saturated rings. The van der Waals surface area contributed by atoms with Gasteiger partial charge in [0.15, 0.2) is 0 Å². The van der Waals surface area contributed by atoms with Crippen molar-refractivity contribution in [1.82, 2.24) is 9.62 Å². The number of amides is 1. The molecule has 34 heavy (non-hydrogen) atoms. The van der Waals surface area contributed by atoms with Crippen LogP contribution in [0.2, 0.25) is 0 Å². The number of carbonyl (C=O) groups is 1. The van der Waals surface area contributed by atoms with Gasteiger partial charge in [-0.05, 0) is 56.0 Å². The zero-order valence-corrected chi connectivity index (χ0v) is 20.9. The number of fused-ring (bicyclic) bond motifs is 1. The molecule has 0 aliphatic carbocycles. The molecule has 0 aromatic heterocycles. The summed E-state index contributed by atoms with van der Waals surface area (Å²) in [6.45, 7) is 4.89. The Morgan fingerprint density at radius 3 is 2.35 bits per heavy atom. The SMILES string of the molecule is CCC1(CC)C[C@@H](NC(=O)C2CCN(S(=O)(=O)c3ccc(OC)cc3)CC2)c2ccccc2O1. The number of carbonyl (C=O) groups excluding carboxylic acids is 1. The first kappa shape index (κ1) is 24.5. The van der Waals surface area contributed by atoms with E-state index in [9.17, 15) is 13.2 Å². The number of piperidine rings is 1. The van der Waals surface area contributed by atoms with E-state index in [1.54, 1.807) is 31.4 Å². The fourth-order valence-electron chi connectivity index (χ4n) is 4.97. The molecule has 184 valence electrons. The van der Waals surface area contributed by atoms with Crippen molar-refractivity contribution in [3.8, 4) is 11.5 Å². The first-order valence-corrected chi connectivity index (χ1v) is 13.5. The predicted octanol–water partition coefficient (Wildman–Crippen LogP) is 4.29. The third-order valence-electron chi connectivity index (χ3n) is 7.32. The van der Waals surface area contributed by atoms with Gasteiger partial charge in [0.2, 0.25) is 15.9 Å². The molecule has 7 nitrogen and oxygen atoms in total. The molecule has 0 saturated carbocycles. The van der Waals surface area contributed by atoms with Crippen LogP contribution in [0.5, 0.6) is 11.5 Å². The zero-order valence-electron chi connectivity index (χ0n) is 20.1. The Bertz CT molecular complexity index is 1100. The number of methoxy groups -OCH3 is 1. The van der Waals surface area contributed by atoms with E-state index in [1.165, 1.54) is 4.31 Å². The van der Waals surface area contributed by atoms with E-state index in [0.717, 1.165) is 30.6 Å². The number of benzene rings is 2. The van der Waals surface area contributed by atoms with Gasteiger partial charge in [-0.25, -0.2) is 8.42 Å². The average molecular weight is 487 g/mol. The van der Waals surface area contributed by atoms with Crippen molar-refractivity contribution in [2.24, 2.45) is 5.92 Å². The van der Waals surface area contributed by atoms with Crippen LogP contribution < -0.4 is 14.8 Å². The van der Waals surface area contributed by atoms with Crippen LogP contribution >= 0.6 is 0 Å². The molecule has 0 radical (unpaired) electrons. The fourth-order valence-corrected chi connectivity index (χ4v) is 6.44. The number of hydrogen-bond donors (Lipinski definition) is 1. The van der Waals surface area contributed by atoms with E-state index in [0.29, 0.717) is 31.7 Å². The summed E-state index contributed by atoms with van der Waals surface area (Å²) >= 11 is 0. The molecule has 8 heteroatoms. The second kappa shape index (κ2) is 9.96. The smallest absolute Gasteiger partial charge is 0.243 e. The van der Waals surface area contributed by atoms with Crippen molar-refractivity contribution >= 4 is 15.9 Å². The Hall–Kier alpha value is -2.58. The summed E-state index contributed by atoms with van der Waals surface area (Å²) in [5.41, 5.74) is 0.718. The first-order valence-electron chi connectivity index (χ1n) is 12.0. The summed E-state index contributed by atoms with van der Waals surface area (Å²) in [5, 5.41) is 3.27. The topological polar surface area (TPSA) is 84.9 Å². The molecule has 1 saturated heterocycles. The number of para-hydroxylation sites is 1. The van der Waals surface area contributed by atoms with Crippen LogP contribution in [-0.4, -0.2) is 44.4 Å². The van der Waals surface area contributed by atoms with Gasteiger partial charge >= 0.3 is 0 Å². The lowest BCUT2D eigenvalue weighted by Crippen LogP contribution is -2.47. The maximum absolute atomic E-state index is 13.2. The number of rotatable bonds is 7. The molecule has 0 spiro atoms. The highest BCUT2D eigenvalue weighted by atomic mass is 32.2. The summed E-state index contributed by atoms with van der Waals surface area (Å²) in [4.78, 5) is 13.5. The van der Waals surface area contributed by atoms with Crippen LogP contribution in [0.25, 0.3) is 0 Å². The summed E-state index contributed by atoms with van der Waals surface area (Å²) in [5.74, 6) is 1.22. The molecule has 1 N–H and O–H groups in total. The Morgan fingerprint density at radius 2 is 1.74 bits per heavy atom. The van der Waals surface area contributed by atoms with Gasteiger partial charge < -0.3 is 14.8 Å². The molecule has 1 atom stereocenters. The van der Waals surface area contributed by atoms with Gasteiger partial charge in [-0.1, -0.05) is 32.0 Å². The van der Waals surface area contributed by atoms with E-state index >= 15 is 0 Å². The normalized spacial score (nSPS) is 20.7. The van der Waals surface area contributed by atoms with Crippen LogP contribution in [-0.2, 0) is 14.8 Å². The Balaban J connectivity index is 1.42. The molecular weight excluding hydrogens is 452 g/mol. The molecule has 2 aromatic rings. The molecule has 2 heterocycles. The number of hydrogen-bond acceptors (Lipinski definition) is 5. The minimum atomic E-state index is -3.60. The lowest BCUT2D eigenvalue weighted by molar-refractivity contribution is -0.127. The number of ether oxygens (including phenoxy) is 2. The second-order valence-electron chi connectivity index (χ2n) is 9.15. The van der Waals surface area contributed by atoms with Gasteiger partial charge in [0.05, 0.1) is 18.0 Å². The highest BCUT2D eigenvalue weighted by molar-refractivity contribution is 7.89. The van der Waals surface area contributed by atoms with Gasteiger partial charge in [-0.15, -0.1) is 0 Å². The van der Waals surface area contributed by atoms with Crippen molar-refractivity contribution in [2.75, 3.05) is 20.2 Å². The monoisotopic (exact) mass is 486 g/mol. The van der Waals surface area contributed by atoms with Crippen LogP contribution in [0.15, 0.2) is 53.4 Å². The zero-order chi connectivity index (χ0) is 24.3. The highest BCUT2D eigenvalue weighted by Gasteiger charge is 2.40. The lowest BCUT2D eigenvalue weighted by Gasteiger charge is -2.42. The average Bonchev–Trinajstić information content (AvgIpc) is 2.88. The summed E-state index contributed by atoms with van der Waals surface area (Å²) < 4.78 is 39.0. The van der Waals surface area contributed by atoms with E-state index in [4.69, 9.17) is 9.47 Å². The Morgan fingerprint density at radius 1 is 1.09 bits per heavy atom. The van der Waals surface area contributed by atoms with E-state index in [1.807, 2.05) is 24.3 Å². The maximum Gasteiger partial charge on any atom is 0.243 e. The number of sulfonamides is 1. The molecule has 2 aliphatic heterocycles. The van der Waals surface area contributed by atoms with Crippen molar-refractivity contribution in [2.45, 2.75) is 62.5 Å². The standard InChI is InChI=1S/C26H34N2O5S/c1-4-26(5-2)18-23(22-8-6-7-9-24(22)33-26)27-25(29)19-14-16-28(17-15-19)34(30,31)21-12-10-20(32-3)11-13-21/h6-13,19,23H,4-5,14-18H2,1-3H3,(H,27,29)/t23-/m1/s1. The largest absolute Gasteiger partial charge is 0.497 e. The Labute approximate surface area is 202 Å². The molecule has 2 aromatic carbocycles. The number of nitrogens with zero attached hydrogens (tertiary/aromatic N) is 1. The summed E-state index contributed by atoms with van der Waals surface area (Å²) in [6.07, 6.45) is 3.46. The van der Waals surface area contributed by atoms with Crippen molar-refractivity contribution in [3.05, 3.63) is 54.1 Å². The molecule has 0 bridgehead atoms. The molecule has 1 amide bonds. The third kappa shape index (κ3) is 4.79. The molecule has 4 rings (SSSR count). The fraction of sp³-hybridized carbons (Fsp3) is 0.500. The predicted molar refractivity (Wildman–Crippen MR) is 130 cm³/mol. The summed E-state index contributed by atoms with van der Waals surface area (Å²) in [6, 6.07) is 14.2. The first-order chi connectivity index (χ1) is 16.3. The molecule has 0 unspecified atom stereocenters. The van der Waals surface area contributed by atoms with Crippen molar-refractivity contribution in [1.29, 1.82) is 0 Å². The van der Waals surface area contributed by atoms with Gasteiger partial charge in [-0.3, -0.25) is 4.79 Å². The quantitative estimate of drug-likeness (QED) is 0.631. The maximum atomic E-state index is 13.2. The van der Waals surface area contributed by atoms with Gasteiger partial charge in [-0.2, -0.15) is 4.31 Å². The second-order valence-corrected chi connectivity index (χ2v) is 11.1. The summed E-state index contributed by atoms with van der Waals surface area (Å²) in [7, 11) is -2.05. The van der Waals surface area contributed by atoms with Crippen molar-refractivity contribution < 1.29 is 22.7 Å². The lowest BCUT2D eigenvalue weighted by atomic mass is 9.83. The number of nitrogens with one attached hydrogen (secondary N) is 1. The van der Waals surface area contributed by atoms with Gasteiger partial charge in [0.1, 0.15) is 17.1 Å². The van der Waals surface area contributed by atoms with E-state index < -0.39 is 10.0 Å². The molecule has 2 aliphatic rings. The highest BCUT2D eigenvalue weighted by Crippen LogP contribution is 2.42. The van der Waals surface area contributed by atoms with Gasteiger partial charge in [0.25, 0.3) is 0 Å².